The highest BCUT2D eigenvalue weighted by Gasteiger charge is 2.51. The minimum atomic E-state index is -5.03. The van der Waals surface area contributed by atoms with Gasteiger partial charge in [-0.2, -0.15) is 0 Å². The van der Waals surface area contributed by atoms with Gasteiger partial charge in [-0.15, -0.1) is 0 Å². The van der Waals surface area contributed by atoms with E-state index < -0.39 is 63.1 Å². The second-order valence-corrected chi connectivity index (χ2v) is 16.9. The molecule has 1 rings (SSSR count). The standard InChI is InChI=1S/C47H81O12P/c1-3-5-7-9-11-13-15-17-19-20-21-22-23-24-26-28-30-32-34-36-41(48)58-40(38-56-37-35-33-31-29-27-25-18-16-14-12-10-8-6-4-2)39-57-60(54,55)59-47-45(52)43(50)42(49)44(51)46(47)53/h5,7,11,13-14,16-17,19,21-22,24,26,40,42-47,49-53H,3-4,6,8-10,12,15,18,20,23,25,27-39H2,1-2H3,(H,54,55)/b7-5-,13-11-,16-14-,19-17-,22-21-,26-24-. The Labute approximate surface area is 361 Å². The molecule has 0 aromatic heterocycles. The number of allylic oxidation sites excluding steroid dienone is 12. The summed E-state index contributed by atoms with van der Waals surface area (Å²) in [6.45, 7) is 4.06. The van der Waals surface area contributed by atoms with Crippen LogP contribution in [0.15, 0.2) is 72.9 Å². The molecule has 12 nitrogen and oxygen atoms in total. The summed E-state index contributed by atoms with van der Waals surface area (Å²) in [5, 5.41) is 50.2. The molecule has 0 saturated heterocycles. The molecule has 0 aromatic rings. The van der Waals surface area contributed by atoms with E-state index >= 15 is 0 Å². The van der Waals surface area contributed by atoms with Gasteiger partial charge in [-0.3, -0.25) is 13.8 Å². The van der Waals surface area contributed by atoms with Gasteiger partial charge in [0.25, 0.3) is 0 Å². The van der Waals surface area contributed by atoms with Crippen LogP contribution in [-0.4, -0.2) is 98.9 Å². The topological polar surface area (TPSA) is 192 Å². The van der Waals surface area contributed by atoms with Gasteiger partial charge in [0.15, 0.2) is 0 Å². The maximum Gasteiger partial charge on any atom is 0.472 e. The monoisotopic (exact) mass is 869 g/mol. The summed E-state index contributed by atoms with van der Waals surface area (Å²) in [5.74, 6) is -0.513. The molecule has 0 amide bonds. The lowest BCUT2D eigenvalue weighted by atomic mass is 9.85. The summed E-state index contributed by atoms with van der Waals surface area (Å²) in [6, 6.07) is 0. The van der Waals surface area contributed by atoms with Gasteiger partial charge in [0.2, 0.25) is 0 Å². The molecule has 0 spiro atoms. The third-order valence-corrected chi connectivity index (χ3v) is 11.0. The largest absolute Gasteiger partial charge is 0.472 e. The van der Waals surface area contributed by atoms with Crippen LogP contribution in [0.5, 0.6) is 0 Å². The Balaban J connectivity index is 2.44. The zero-order valence-electron chi connectivity index (χ0n) is 36.7. The van der Waals surface area contributed by atoms with Crippen LogP contribution in [0.4, 0.5) is 0 Å². The van der Waals surface area contributed by atoms with Crippen molar-refractivity contribution in [3.8, 4) is 0 Å². The summed E-state index contributed by atoms with van der Waals surface area (Å²) in [6.07, 6.45) is 35.4. The van der Waals surface area contributed by atoms with Crippen molar-refractivity contribution in [2.75, 3.05) is 19.8 Å². The SMILES string of the molecule is CC/C=C\C/C=C\C/C=C\C/C=C\C/C=C\CCCCCC(=O)OC(COCCCCCCCC/C=C\CCCCCC)COP(=O)(O)OC1C(O)C(O)C(O)C(O)C1O. The molecular weight excluding hydrogens is 787 g/mol. The highest BCUT2D eigenvalue weighted by atomic mass is 31.2. The lowest BCUT2D eigenvalue weighted by Gasteiger charge is -2.41. The Morgan fingerprint density at radius 1 is 0.550 bits per heavy atom. The molecule has 6 N–H and O–H groups in total. The summed E-state index contributed by atoms with van der Waals surface area (Å²) < 4.78 is 34.1. The molecule has 1 aliphatic carbocycles. The number of hydrogen-bond donors (Lipinski definition) is 6. The summed E-state index contributed by atoms with van der Waals surface area (Å²) in [4.78, 5) is 23.1. The lowest BCUT2D eigenvalue weighted by molar-refractivity contribution is -0.220. The zero-order valence-corrected chi connectivity index (χ0v) is 37.6. The first-order chi connectivity index (χ1) is 29.0. The Hall–Kier alpha value is -2.22. The Bertz CT molecular complexity index is 1260. The van der Waals surface area contributed by atoms with Crippen LogP contribution in [0.25, 0.3) is 0 Å². The third-order valence-electron chi connectivity index (χ3n) is 10.1. The summed E-state index contributed by atoms with van der Waals surface area (Å²) in [7, 11) is -5.03. The molecule has 0 radical (unpaired) electrons. The Kier molecular flexibility index (Phi) is 34.7. The molecule has 60 heavy (non-hydrogen) atoms. The van der Waals surface area contributed by atoms with Gasteiger partial charge in [0.1, 0.15) is 42.7 Å². The third kappa shape index (κ3) is 29.1. The normalized spacial score (nSPS) is 23.0. The number of aliphatic hydroxyl groups excluding tert-OH is 5. The summed E-state index contributed by atoms with van der Waals surface area (Å²) in [5.41, 5.74) is 0. The minimum Gasteiger partial charge on any atom is -0.457 e. The van der Waals surface area contributed by atoms with E-state index in [0.717, 1.165) is 83.5 Å². The molecule has 0 aromatic carbocycles. The van der Waals surface area contributed by atoms with Gasteiger partial charge in [-0.25, -0.2) is 4.57 Å². The fourth-order valence-corrected chi connectivity index (χ4v) is 7.41. The zero-order chi connectivity index (χ0) is 44.1. The number of ether oxygens (including phenoxy) is 2. The minimum absolute atomic E-state index is 0.0983. The van der Waals surface area contributed by atoms with Gasteiger partial charge in [0, 0.05) is 13.0 Å². The number of hydrogen-bond acceptors (Lipinski definition) is 11. The lowest BCUT2D eigenvalue weighted by Crippen LogP contribution is -2.64. The first-order valence-corrected chi connectivity index (χ1v) is 24.3. The number of carbonyl (C=O) groups excluding carboxylic acids is 1. The van der Waals surface area contributed by atoms with Crippen molar-refractivity contribution in [3.05, 3.63) is 72.9 Å². The molecule has 1 fully saturated rings. The summed E-state index contributed by atoms with van der Waals surface area (Å²) >= 11 is 0. The van der Waals surface area contributed by atoms with E-state index in [-0.39, 0.29) is 13.0 Å². The number of rotatable bonds is 37. The highest BCUT2D eigenvalue weighted by molar-refractivity contribution is 7.47. The molecule has 346 valence electrons. The van der Waals surface area contributed by atoms with Crippen LogP contribution in [0.2, 0.25) is 0 Å². The van der Waals surface area contributed by atoms with Crippen LogP contribution < -0.4 is 0 Å². The van der Waals surface area contributed by atoms with E-state index in [4.69, 9.17) is 18.5 Å². The van der Waals surface area contributed by atoms with E-state index in [0.29, 0.717) is 13.0 Å². The average molecular weight is 869 g/mol. The number of unbranched alkanes of at least 4 members (excludes halogenated alkanes) is 13. The Morgan fingerprint density at radius 2 is 0.983 bits per heavy atom. The first kappa shape index (κ1) is 55.8. The van der Waals surface area contributed by atoms with Crippen LogP contribution >= 0.6 is 7.82 Å². The highest BCUT2D eigenvalue weighted by Crippen LogP contribution is 2.47. The van der Waals surface area contributed by atoms with Crippen molar-refractivity contribution in [2.24, 2.45) is 0 Å². The molecule has 0 aliphatic heterocycles. The van der Waals surface area contributed by atoms with Crippen molar-refractivity contribution < 1.29 is 58.3 Å². The van der Waals surface area contributed by atoms with E-state index in [9.17, 15) is 39.8 Å². The fourth-order valence-electron chi connectivity index (χ4n) is 6.43. The van der Waals surface area contributed by atoms with E-state index in [1.54, 1.807) is 0 Å². The number of phosphoric ester groups is 1. The maximum absolute atomic E-state index is 12.8. The molecule has 13 heteroatoms. The van der Waals surface area contributed by atoms with Crippen LogP contribution in [0.3, 0.4) is 0 Å². The molecule has 6 atom stereocenters. The quantitative estimate of drug-likeness (QED) is 0.0150. The average Bonchev–Trinajstić information content (AvgIpc) is 3.23. The number of esters is 1. The van der Waals surface area contributed by atoms with Gasteiger partial charge < -0.3 is 39.9 Å². The van der Waals surface area contributed by atoms with Crippen molar-refractivity contribution >= 4 is 13.8 Å². The Morgan fingerprint density at radius 3 is 1.52 bits per heavy atom. The first-order valence-electron chi connectivity index (χ1n) is 22.8. The predicted octanol–water partition coefficient (Wildman–Crippen LogP) is 9.19. The molecule has 1 aliphatic rings. The van der Waals surface area contributed by atoms with Crippen LogP contribution in [0, 0.1) is 0 Å². The molecule has 0 heterocycles. The second kappa shape index (κ2) is 37.3. The van der Waals surface area contributed by atoms with Crippen molar-refractivity contribution in [3.63, 3.8) is 0 Å². The smallest absolute Gasteiger partial charge is 0.457 e. The van der Waals surface area contributed by atoms with Crippen LogP contribution in [0.1, 0.15) is 155 Å². The van der Waals surface area contributed by atoms with Gasteiger partial charge in [0.05, 0.1) is 13.2 Å². The van der Waals surface area contributed by atoms with Gasteiger partial charge in [-0.1, -0.05) is 138 Å². The van der Waals surface area contributed by atoms with Crippen molar-refractivity contribution in [2.45, 2.75) is 198 Å². The van der Waals surface area contributed by atoms with Gasteiger partial charge in [-0.05, 0) is 83.5 Å². The van der Waals surface area contributed by atoms with Gasteiger partial charge >= 0.3 is 13.8 Å². The maximum atomic E-state index is 12.8. The van der Waals surface area contributed by atoms with E-state index in [2.05, 4.69) is 86.8 Å². The number of aliphatic hydroxyl groups is 5. The van der Waals surface area contributed by atoms with Crippen molar-refractivity contribution in [1.82, 2.24) is 0 Å². The number of phosphoric acid groups is 1. The molecule has 1 saturated carbocycles. The molecule has 6 unspecified atom stereocenters. The van der Waals surface area contributed by atoms with E-state index in [1.807, 2.05) is 0 Å². The molecule has 0 bridgehead atoms. The fraction of sp³-hybridized carbons (Fsp3) is 0.723. The van der Waals surface area contributed by atoms with Crippen molar-refractivity contribution in [1.29, 1.82) is 0 Å². The predicted molar refractivity (Wildman–Crippen MR) is 239 cm³/mol. The van der Waals surface area contributed by atoms with Crippen LogP contribution in [-0.2, 0) is 27.9 Å². The molecular formula is C47H81O12P. The number of carbonyl (C=O) groups is 1. The second-order valence-electron chi connectivity index (χ2n) is 15.5. The van der Waals surface area contributed by atoms with E-state index in [1.165, 1.54) is 44.9 Å².